The van der Waals surface area contributed by atoms with E-state index in [1.54, 1.807) is 36.4 Å². The summed E-state index contributed by atoms with van der Waals surface area (Å²) in [6.45, 7) is 1.74. The minimum atomic E-state index is -0.881. The van der Waals surface area contributed by atoms with Gasteiger partial charge in [-0.2, -0.15) is 0 Å². The number of anilines is 1. The van der Waals surface area contributed by atoms with Crippen LogP contribution in [0.4, 0.5) is 14.5 Å². The fraction of sp³-hybridized carbons (Fsp3) is 0.125. The molecule has 0 aliphatic heterocycles. The maximum Gasteiger partial charge on any atom is 0.255 e. The second-order valence-electron chi connectivity index (χ2n) is 7.14. The molecule has 0 aromatic heterocycles. The Kier molecular flexibility index (Phi) is 7.28. The van der Waals surface area contributed by atoms with E-state index < -0.39 is 23.4 Å². The molecule has 0 fully saturated rings. The Morgan fingerprint density at radius 1 is 0.781 bits per heavy atom. The van der Waals surface area contributed by atoms with E-state index in [0.29, 0.717) is 17.3 Å². The normalized spacial score (nSPS) is 10.3. The fourth-order valence-corrected chi connectivity index (χ4v) is 2.88. The molecule has 0 spiro atoms. The number of halogens is 2. The highest BCUT2D eigenvalue weighted by molar-refractivity contribution is 6.04. The predicted molar refractivity (Wildman–Crippen MR) is 116 cm³/mol. The van der Waals surface area contributed by atoms with Gasteiger partial charge in [0, 0.05) is 29.4 Å². The third-order valence-electron chi connectivity index (χ3n) is 4.52. The summed E-state index contributed by atoms with van der Waals surface area (Å²) in [7, 11) is 0. The lowest BCUT2D eigenvalue weighted by Crippen LogP contribution is -2.36. The first kappa shape index (κ1) is 22.6. The van der Waals surface area contributed by atoms with Crippen molar-refractivity contribution in [1.29, 1.82) is 0 Å². The fourth-order valence-electron chi connectivity index (χ4n) is 2.88. The highest BCUT2D eigenvalue weighted by atomic mass is 19.1. The average molecular weight is 437 g/mol. The topological polar surface area (TPSA) is 87.3 Å². The van der Waals surface area contributed by atoms with Crippen LogP contribution in [0.15, 0.2) is 66.7 Å². The van der Waals surface area contributed by atoms with Gasteiger partial charge in [-0.05, 0) is 48.9 Å². The van der Waals surface area contributed by atoms with Crippen LogP contribution in [0.5, 0.6) is 0 Å². The molecule has 0 unspecified atom stereocenters. The van der Waals surface area contributed by atoms with Gasteiger partial charge in [0.15, 0.2) is 0 Å². The SMILES string of the molecule is Cc1ccc(C(=O)Nc2cccc(CNC(=O)CNC(=O)c3cc(F)cc(F)c3)c2)cc1. The molecule has 0 radical (unpaired) electrons. The molecule has 0 atom stereocenters. The molecule has 0 saturated carbocycles. The number of carbonyl (C=O) groups excluding carboxylic acids is 3. The van der Waals surface area contributed by atoms with Gasteiger partial charge in [0.1, 0.15) is 11.6 Å². The lowest BCUT2D eigenvalue weighted by Gasteiger charge is -2.10. The number of aryl methyl sites for hydroxylation is 1. The van der Waals surface area contributed by atoms with Gasteiger partial charge in [-0.25, -0.2) is 8.78 Å². The molecule has 3 aromatic carbocycles. The highest BCUT2D eigenvalue weighted by Crippen LogP contribution is 2.13. The zero-order chi connectivity index (χ0) is 23.1. The Hall–Kier alpha value is -4.07. The van der Waals surface area contributed by atoms with E-state index in [4.69, 9.17) is 0 Å². The van der Waals surface area contributed by atoms with E-state index in [1.165, 1.54) is 0 Å². The van der Waals surface area contributed by atoms with Gasteiger partial charge < -0.3 is 16.0 Å². The van der Waals surface area contributed by atoms with Crippen LogP contribution in [0, 0.1) is 18.6 Å². The van der Waals surface area contributed by atoms with Crippen molar-refractivity contribution in [1.82, 2.24) is 10.6 Å². The summed E-state index contributed by atoms with van der Waals surface area (Å²) in [4.78, 5) is 36.3. The Balaban J connectivity index is 1.50. The van der Waals surface area contributed by atoms with Crippen LogP contribution >= 0.6 is 0 Å². The molecule has 0 saturated heterocycles. The smallest absolute Gasteiger partial charge is 0.255 e. The third-order valence-corrected chi connectivity index (χ3v) is 4.52. The average Bonchev–Trinajstić information content (AvgIpc) is 2.76. The quantitative estimate of drug-likeness (QED) is 0.528. The lowest BCUT2D eigenvalue weighted by atomic mass is 10.1. The van der Waals surface area contributed by atoms with E-state index in [0.717, 1.165) is 23.3 Å². The second-order valence-corrected chi connectivity index (χ2v) is 7.14. The Morgan fingerprint density at radius 3 is 2.16 bits per heavy atom. The Labute approximate surface area is 183 Å². The first-order valence-electron chi connectivity index (χ1n) is 9.78. The molecule has 164 valence electrons. The number of carbonyl (C=O) groups is 3. The summed E-state index contributed by atoms with van der Waals surface area (Å²) < 4.78 is 26.4. The first-order valence-corrected chi connectivity index (χ1v) is 9.78. The molecule has 3 rings (SSSR count). The van der Waals surface area contributed by atoms with Gasteiger partial charge in [-0.1, -0.05) is 29.8 Å². The molecular formula is C24H21F2N3O3. The molecule has 0 bridgehead atoms. The van der Waals surface area contributed by atoms with Crippen molar-refractivity contribution in [2.45, 2.75) is 13.5 Å². The van der Waals surface area contributed by atoms with Crippen molar-refractivity contribution < 1.29 is 23.2 Å². The maximum atomic E-state index is 13.2. The molecule has 6 nitrogen and oxygen atoms in total. The van der Waals surface area contributed by atoms with E-state index in [2.05, 4.69) is 16.0 Å². The number of nitrogens with one attached hydrogen (secondary N) is 3. The lowest BCUT2D eigenvalue weighted by molar-refractivity contribution is -0.120. The number of benzene rings is 3. The van der Waals surface area contributed by atoms with Crippen LogP contribution in [0.1, 0.15) is 31.8 Å². The van der Waals surface area contributed by atoms with E-state index in [-0.39, 0.29) is 24.6 Å². The molecule has 8 heteroatoms. The zero-order valence-electron chi connectivity index (χ0n) is 17.2. The van der Waals surface area contributed by atoms with Crippen molar-refractivity contribution in [2.75, 3.05) is 11.9 Å². The van der Waals surface area contributed by atoms with Gasteiger partial charge in [-0.15, -0.1) is 0 Å². The summed E-state index contributed by atoms with van der Waals surface area (Å²) in [6.07, 6.45) is 0. The predicted octanol–water partition coefficient (Wildman–Crippen LogP) is 3.57. The monoisotopic (exact) mass is 437 g/mol. The summed E-state index contributed by atoms with van der Waals surface area (Å²) in [5, 5.41) is 7.74. The van der Waals surface area contributed by atoms with E-state index in [9.17, 15) is 23.2 Å². The molecule has 3 N–H and O–H groups in total. The molecule has 0 heterocycles. The highest BCUT2D eigenvalue weighted by Gasteiger charge is 2.11. The van der Waals surface area contributed by atoms with Gasteiger partial charge in [0.25, 0.3) is 11.8 Å². The maximum absolute atomic E-state index is 13.2. The second kappa shape index (κ2) is 10.3. The summed E-state index contributed by atoms with van der Waals surface area (Å²) in [5.74, 6) is -3.26. The summed E-state index contributed by atoms with van der Waals surface area (Å²) >= 11 is 0. The minimum absolute atomic E-state index is 0.164. The van der Waals surface area contributed by atoms with Crippen LogP contribution in [0.3, 0.4) is 0 Å². The van der Waals surface area contributed by atoms with Crippen molar-refractivity contribution in [2.24, 2.45) is 0 Å². The van der Waals surface area contributed by atoms with Crippen LogP contribution in [0.25, 0.3) is 0 Å². The number of rotatable bonds is 7. The molecule has 32 heavy (non-hydrogen) atoms. The summed E-state index contributed by atoms with van der Waals surface area (Å²) in [6, 6.07) is 16.6. The van der Waals surface area contributed by atoms with Crippen LogP contribution < -0.4 is 16.0 Å². The minimum Gasteiger partial charge on any atom is -0.350 e. The standard InChI is InChI=1S/C24H21F2N3O3/c1-15-5-7-17(8-6-15)24(32)29-21-4-2-3-16(9-21)13-27-22(30)14-28-23(31)18-10-19(25)12-20(26)11-18/h2-12H,13-14H2,1H3,(H,27,30)(H,28,31)(H,29,32). The van der Waals surface area contributed by atoms with Gasteiger partial charge in [0.2, 0.25) is 5.91 Å². The van der Waals surface area contributed by atoms with Crippen LogP contribution in [0.2, 0.25) is 0 Å². The summed E-state index contributed by atoms with van der Waals surface area (Å²) in [5.41, 5.74) is 2.68. The molecule has 3 amide bonds. The van der Waals surface area contributed by atoms with Crippen LogP contribution in [-0.4, -0.2) is 24.3 Å². The van der Waals surface area contributed by atoms with Gasteiger partial charge >= 0.3 is 0 Å². The van der Waals surface area contributed by atoms with Gasteiger partial charge in [0.05, 0.1) is 6.54 Å². The van der Waals surface area contributed by atoms with Crippen molar-refractivity contribution in [3.05, 3.63) is 101 Å². The molecule has 3 aromatic rings. The third kappa shape index (κ3) is 6.46. The van der Waals surface area contributed by atoms with E-state index >= 15 is 0 Å². The van der Waals surface area contributed by atoms with Crippen molar-refractivity contribution in [3.63, 3.8) is 0 Å². The Bertz CT molecular complexity index is 1130. The molecule has 0 aliphatic carbocycles. The Morgan fingerprint density at radius 2 is 1.47 bits per heavy atom. The molecular weight excluding hydrogens is 416 g/mol. The first-order chi connectivity index (χ1) is 15.3. The number of hydrogen-bond donors (Lipinski definition) is 3. The van der Waals surface area contributed by atoms with Crippen molar-refractivity contribution in [3.8, 4) is 0 Å². The van der Waals surface area contributed by atoms with Gasteiger partial charge in [-0.3, -0.25) is 14.4 Å². The van der Waals surface area contributed by atoms with Crippen molar-refractivity contribution >= 4 is 23.4 Å². The van der Waals surface area contributed by atoms with E-state index in [1.807, 2.05) is 19.1 Å². The van der Waals surface area contributed by atoms with Crippen LogP contribution in [-0.2, 0) is 11.3 Å². The largest absolute Gasteiger partial charge is 0.350 e. The number of hydrogen-bond acceptors (Lipinski definition) is 3. The number of amides is 3. The zero-order valence-corrected chi connectivity index (χ0v) is 17.2. The molecule has 0 aliphatic rings.